The van der Waals surface area contributed by atoms with Gasteiger partial charge in [0.05, 0.1) is 11.9 Å². The summed E-state index contributed by atoms with van der Waals surface area (Å²) in [6.45, 7) is 6.30. The van der Waals surface area contributed by atoms with Gasteiger partial charge in [0.25, 0.3) is 0 Å². The number of nitrogens with one attached hydrogen (secondary N) is 1. The normalized spacial score (nSPS) is 12.8. The van der Waals surface area contributed by atoms with Gasteiger partial charge in [0.1, 0.15) is 6.04 Å². The predicted molar refractivity (Wildman–Crippen MR) is 166 cm³/mol. The number of amides is 2. The van der Waals surface area contributed by atoms with Crippen LogP contribution in [-0.2, 0) is 32.6 Å². The third-order valence-electron chi connectivity index (χ3n) is 6.99. The molecule has 0 aliphatic carbocycles. The van der Waals surface area contributed by atoms with Gasteiger partial charge in [-0.05, 0) is 56.0 Å². The van der Waals surface area contributed by atoms with E-state index in [1.54, 1.807) is 29.2 Å². The molecule has 0 radical (unpaired) electrons. The summed E-state index contributed by atoms with van der Waals surface area (Å²) in [5.41, 5.74) is 3.40. The first-order valence-corrected chi connectivity index (χ1v) is 16.1. The van der Waals surface area contributed by atoms with Gasteiger partial charge in [0, 0.05) is 37.0 Å². The molecule has 9 heteroatoms. The number of rotatable bonds is 14. The molecule has 0 aromatic heterocycles. The Balaban J connectivity index is 1.89. The molecule has 0 heterocycles. The van der Waals surface area contributed by atoms with Crippen molar-refractivity contribution in [2.45, 2.75) is 65.1 Å². The number of halogens is 1. The van der Waals surface area contributed by atoms with Gasteiger partial charge in [-0.3, -0.25) is 13.9 Å². The number of anilines is 1. The lowest BCUT2D eigenvalue weighted by Gasteiger charge is -2.32. The summed E-state index contributed by atoms with van der Waals surface area (Å²) in [4.78, 5) is 29.2. The Kier molecular flexibility index (Phi) is 11.8. The summed E-state index contributed by atoms with van der Waals surface area (Å²) < 4.78 is 26.4. The molecular weight excluding hydrogens is 558 g/mol. The maximum Gasteiger partial charge on any atom is 0.243 e. The molecule has 1 N–H and O–H groups in total. The van der Waals surface area contributed by atoms with E-state index in [1.165, 1.54) is 4.31 Å². The fraction of sp³-hybridized carbons (Fsp3) is 0.375. The van der Waals surface area contributed by atoms with Crippen molar-refractivity contribution < 1.29 is 18.0 Å². The SMILES string of the molecule is CC[C@@H](C)NC(=O)[C@@H](Cc1ccccc1)N(Cc1ccc(C)cc1)C(=O)CCCN(c1cccc(Cl)c1)S(C)(=O)=O. The third kappa shape index (κ3) is 9.90. The maximum absolute atomic E-state index is 13.9. The lowest BCUT2D eigenvalue weighted by molar-refractivity contribution is -0.141. The molecule has 0 saturated carbocycles. The highest BCUT2D eigenvalue weighted by Gasteiger charge is 2.31. The number of nitrogens with zero attached hydrogens (tertiary/aromatic N) is 2. The molecule has 0 spiro atoms. The molecule has 0 saturated heterocycles. The topological polar surface area (TPSA) is 86.8 Å². The van der Waals surface area contributed by atoms with Crippen molar-refractivity contribution in [3.05, 3.63) is 101 Å². The maximum atomic E-state index is 13.9. The van der Waals surface area contributed by atoms with Crippen LogP contribution in [0.2, 0.25) is 5.02 Å². The average Bonchev–Trinajstić information content (AvgIpc) is 2.93. The van der Waals surface area contributed by atoms with E-state index in [9.17, 15) is 18.0 Å². The van der Waals surface area contributed by atoms with E-state index in [0.717, 1.165) is 29.4 Å². The van der Waals surface area contributed by atoms with E-state index in [0.29, 0.717) is 17.1 Å². The Bertz CT molecular complexity index is 1400. The van der Waals surface area contributed by atoms with Crippen molar-refractivity contribution in [3.63, 3.8) is 0 Å². The largest absolute Gasteiger partial charge is 0.352 e. The first-order valence-electron chi connectivity index (χ1n) is 13.9. The van der Waals surface area contributed by atoms with E-state index in [4.69, 9.17) is 11.6 Å². The van der Waals surface area contributed by atoms with Crippen LogP contribution >= 0.6 is 11.6 Å². The smallest absolute Gasteiger partial charge is 0.243 e. The molecule has 2 atom stereocenters. The molecule has 0 bridgehead atoms. The minimum atomic E-state index is -3.61. The van der Waals surface area contributed by atoms with Gasteiger partial charge in [-0.25, -0.2) is 8.42 Å². The van der Waals surface area contributed by atoms with Crippen LogP contribution in [0.5, 0.6) is 0 Å². The predicted octanol–water partition coefficient (Wildman–Crippen LogP) is 5.75. The number of sulfonamides is 1. The van der Waals surface area contributed by atoms with Crippen molar-refractivity contribution in [3.8, 4) is 0 Å². The lowest BCUT2D eigenvalue weighted by atomic mass is 10.0. The van der Waals surface area contributed by atoms with Gasteiger partial charge in [-0.2, -0.15) is 0 Å². The molecule has 7 nitrogen and oxygen atoms in total. The first kappa shape index (κ1) is 32.2. The van der Waals surface area contributed by atoms with Crippen molar-refractivity contribution in [1.29, 1.82) is 0 Å². The molecule has 0 aliphatic heterocycles. The lowest BCUT2D eigenvalue weighted by Crippen LogP contribution is -2.52. The monoisotopic (exact) mass is 597 g/mol. The molecule has 3 aromatic carbocycles. The van der Waals surface area contributed by atoms with Gasteiger partial charge in [0.2, 0.25) is 21.8 Å². The van der Waals surface area contributed by atoms with Crippen molar-refractivity contribution in [2.24, 2.45) is 0 Å². The molecule has 2 amide bonds. The van der Waals surface area contributed by atoms with E-state index in [1.807, 2.05) is 75.4 Å². The van der Waals surface area contributed by atoms with Crippen LogP contribution in [0.15, 0.2) is 78.9 Å². The fourth-order valence-corrected chi connectivity index (χ4v) is 5.66. The zero-order chi connectivity index (χ0) is 30.0. The Morgan fingerprint density at radius 3 is 2.24 bits per heavy atom. The molecule has 3 aromatic rings. The van der Waals surface area contributed by atoms with Crippen molar-refractivity contribution >= 4 is 39.1 Å². The summed E-state index contributed by atoms with van der Waals surface area (Å²) in [6.07, 6.45) is 2.60. The molecular formula is C32H40ClN3O4S. The third-order valence-corrected chi connectivity index (χ3v) is 8.42. The van der Waals surface area contributed by atoms with Gasteiger partial charge in [-0.1, -0.05) is 84.8 Å². The highest BCUT2D eigenvalue weighted by molar-refractivity contribution is 7.92. The second kappa shape index (κ2) is 15.0. The number of benzene rings is 3. The van der Waals surface area contributed by atoms with Gasteiger partial charge < -0.3 is 10.2 Å². The van der Waals surface area contributed by atoms with Gasteiger partial charge in [-0.15, -0.1) is 0 Å². The Morgan fingerprint density at radius 1 is 0.951 bits per heavy atom. The number of carbonyl (C=O) groups excluding carboxylic acids is 2. The Labute approximate surface area is 249 Å². The van der Waals surface area contributed by atoms with Crippen LogP contribution in [0.1, 0.15) is 49.8 Å². The van der Waals surface area contributed by atoms with Crippen LogP contribution in [-0.4, -0.2) is 50.0 Å². The zero-order valence-electron chi connectivity index (χ0n) is 24.2. The van der Waals surface area contributed by atoms with E-state index >= 15 is 0 Å². The minimum absolute atomic E-state index is 0.0434. The number of hydrogen-bond acceptors (Lipinski definition) is 4. The van der Waals surface area contributed by atoms with Gasteiger partial charge in [0.15, 0.2) is 0 Å². The zero-order valence-corrected chi connectivity index (χ0v) is 25.8. The van der Waals surface area contributed by atoms with Crippen LogP contribution in [0, 0.1) is 6.92 Å². The molecule has 0 unspecified atom stereocenters. The number of carbonyl (C=O) groups is 2. The van der Waals surface area contributed by atoms with Crippen LogP contribution in [0.4, 0.5) is 5.69 Å². The summed E-state index contributed by atoms with van der Waals surface area (Å²) in [5.74, 6) is -0.425. The molecule has 0 fully saturated rings. The number of aryl methyl sites for hydroxylation is 1. The molecule has 0 aliphatic rings. The van der Waals surface area contributed by atoms with Crippen LogP contribution in [0.25, 0.3) is 0 Å². The summed E-state index contributed by atoms with van der Waals surface area (Å²) in [5, 5.41) is 3.49. The minimum Gasteiger partial charge on any atom is -0.352 e. The van der Waals surface area contributed by atoms with E-state index < -0.39 is 16.1 Å². The quantitative estimate of drug-likeness (QED) is 0.256. The van der Waals surface area contributed by atoms with Gasteiger partial charge >= 0.3 is 0 Å². The number of hydrogen-bond donors (Lipinski definition) is 1. The van der Waals surface area contributed by atoms with Crippen molar-refractivity contribution in [1.82, 2.24) is 10.2 Å². The molecule has 220 valence electrons. The summed E-state index contributed by atoms with van der Waals surface area (Å²) in [7, 11) is -3.61. The average molecular weight is 598 g/mol. The summed E-state index contributed by atoms with van der Waals surface area (Å²) >= 11 is 6.11. The second-order valence-corrected chi connectivity index (χ2v) is 12.8. The Hall–Kier alpha value is -3.36. The van der Waals surface area contributed by atoms with Crippen molar-refractivity contribution in [2.75, 3.05) is 17.1 Å². The van der Waals surface area contributed by atoms with E-state index in [-0.39, 0.29) is 43.8 Å². The molecule has 3 rings (SSSR count). The first-order chi connectivity index (χ1) is 19.5. The highest BCUT2D eigenvalue weighted by atomic mass is 35.5. The second-order valence-electron chi connectivity index (χ2n) is 10.4. The Morgan fingerprint density at radius 2 is 1.63 bits per heavy atom. The standard InChI is InChI=1S/C32H40ClN3O4S/c1-5-25(3)34-32(38)30(21-26-11-7-6-8-12-26)35(23-27-18-16-24(2)17-19-27)31(37)15-10-20-36(41(4,39)40)29-14-9-13-28(33)22-29/h6-9,11-14,16-19,22,25,30H,5,10,15,20-21,23H2,1-4H3,(H,34,38)/t25-,30-/m1/s1. The van der Waals surface area contributed by atoms with Crippen LogP contribution in [0.3, 0.4) is 0 Å². The van der Waals surface area contributed by atoms with Crippen LogP contribution < -0.4 is 9.62 Å². The molecule has 41 heavy (non-hydrogen) atoms. The highest BCUT2D eigenvalue weighted by Crippen LogP contribution is 2.23. The summed E-state index contributed by atoms with van der Waals surface area (Å²) in [6, 6.07) is 23.4. The van der Waals surface area contributed by atoms with E-state index in [2.05, 4.69) is 5.32 Å². The fourth-order valence-electron chi connectivity index (χ4n) is 4.52.